The molecule has 1 unspecified atom stereocenters. The lowest BCUT2D eigenvalue weighted by Gasteiger charge is -2.29. The van der Waals surface area contributed by atoms with E-state index in [0.29, 0.717) is 62.0 Å². The molecule has 8 heteroatoms. The van der Waals surface area contributed by atoms with E-state index < -0.39 is 17.7 Å². The number of carbonyl (C=O) groups is 2. The molecular formula is C29H34N2O6. The summed E-state index contributed by atoms with van der Waals surface area (Å²) in [6.07, 6.45) is 2.33. The van der Waals surface area contributed by atoms with E-state index in [9.17, 15) is 14.7 Å². The highest BCUT2D eigenvalue weighted by Crippen LogP contribution is 2.42. The molecule has 1 N–H and O–H groups in total. The number of benzene rings is 2. The average molecular weight is 507 g/mol. The van der Waals surface area contributed by atoms with Gasteiger partial charge >= 0.3 is 0 Å². The summed E-state index contributed by atoms with van der Waals surface area (Å²) in [6, 6.07) is 13.4. The van der Waals surface area contributed by atoms with Crippen LogP contribution >= 0.6 is 0 Å². The average Bonchev–Trinajstić information content (AvgIpc) is 3.18. The second-order valence-electron chi connectivity index (χ2n) is 8.90. The van der Waals surface area contributed by atoms with Gasteiger partial charge in [-0.05, 0) is 31.0 Å². The maximum absolute atomic E-state index is 13.3. The first kappa shape index (κ1) is 26.4. The van der Waals surface area contributed by atoms with Gasteiger partial charge in [0.1, 0.15) is 12.4 Å². The molecule has 37 heavy (non-hydrogen) atoms. The van der Waals surface area contributed by atoms with Crippen LogP contribution in [-0.2, 0) is 14.3 Å². The van der Waals surface area contributed by atoms with Crippen LogP contribution in [-0.4, -0.2) is 79.2 Å². The first-order valence-electron chi connectivity index (χ1n) is 12.7. The molecule has 0 spiro atoms. The van der Waals surface area contributed by atoms with E-state index in [-0.39, 0.29) is 11.3 Å². The molecule has 2 aromatic rings. The quantitative estimate of drug-likeness (QED) is 0.215. The van der Waals surface area contributed by atoms with Gasteiger partial charge in [0.2, 0.25) is 0 Å². The highest BCUT2D eigenvalue weighted by atomic mass is 16.5. The Bertz CT molecular complexity index is 1140. The molecule has 0 aliphatic carbocycles. The molecule has 8 nitrogen and oxygen atoms in total. The molecule has 0 radical (unpaired) electrons. The van der Waals surface area contributed by atoms with Crippen molar-refractivity contribution in [1.82, 2.24) is 9.80 Å². The van der Waals surface area contributed by atoms with E-state index in [2.05, 4.69) is 11.5 Å². The summed E-state index contributed by atoms with van der Waals surface area (Å²) in [5.41, 5.74) is 1.22. The second-order valence-corrected chi connectivity index (χ2v) is 8.90. The van der Waals surface area contributed by atoms with Crippen LogP contribution in [0.5, 0.6) is 11.5 Å². The van der Waals surface area contributed by atoms with Crippen LogP contribution < -0.4 is 9.47 Å². The first-order valence-corrected chi connectivity index (χ1v) is 12.7. The van der Waals surface area contributed by atoms with Crippen molar-refractivity contribution >= 4 is 17.4 Å². The van der Waals surface area contributed by atoms with Gasteiger partial charge in [0.05, 0.1) is 31.4 Å². The van der Waals surface area contributed by atoms with E-state index >= 15 is 0 Å². The van der Waals surface area contributed by atoms with Crippen LogP contribution in [0.25, 0.3) is 5.76 Å². The number of morpholine rings is 1. The summed E-state index contributed by atoms with van der Waals surface area (Å²) < 4.78 is 17.0. The number of nitrogens with zero attached hydrogens (tertiary/aromatic N) is 2. The number of likely N-dealkylation sites (tertiary alicyclic amines) is 1. The minimum Gasteiger partial charge on any atom is -0.507 e. The van der Waals surface area contributed by atoms with Crippen LogP contribution in [0, 0.1) is 0 Å². The van der Waals surface area contributed by atoms with Crippen LogP contribution in [0.4, 0.5) is 0 Å². The Morgan fingerprint density at radius 3 is 2.54 bits per heavy atom. The van der Waals surface area contributed by atoms with Crippen molar-refractivity contribution < 1.29 is 28.9 Å². The van der Waals surface area contributed by atoms with Crippen molar-refractivity contribution in [2.75, 3.05) is 52.6 Å². The summed E-state index contributed by atoms with van der Waals surface area (Å²) in [5, 5.41) is 11.2. The smallest absolute Gasteiger partial charge is 0.295 e. The van der Waals surface area contributed by atoms with Gasteiger partial charge in [0.15, 0.2) is 11.5 Å². The summed E-state index contributed by atoms with van der Waals surface area (Å²) in [6.45, 7) is 10.5. The third-order valence-corrected chi connectivity index (χ3v) is 6.50. The van der Waals surface area contributed by atoms with Crippen LogP contribution in [0.3, 0.4) is 0 Å². The van der Waals surface area contributed by atoms with Crippen molar-refractivity contribution in [2.24, 2.45) is 0 Å². The van der Waals surface area contributed by atoms with Crippen molar-refractivity contribution in [3.63, 3.8) is 0 Å². The molecule has 0 saturated carbocycles. The summed E-state index contributed by atoms with van der Waals surface area (Å²) in [5.74, 6) is -0.458. The van der Waals surface area contributed by atoms with Gasteiger partial charge in [-0.3, -0.25) is 14.5 Å². The Labute approximate surface area is 217 Å². The van der Waals surface area contributed by atoms with Crippen molar-refractivity contribution in [1.29, 1.82) is 0 Å². The number of ketones is 1. The molecule has 0 aromatic heterocycles. The molecule has 2 heterocycles. The molecule has 1 amide bonds. The van der Waals surface area contributed by atoms with Gasteiger partial charge < -0.3 is 24.2 Å². The maximum atomic E-state index is 13.3. The van der Waals surface area contributed by atoms with E-state index in [1.807, 2.05) is 19.1 Å². The number of rotatable bonds is 11. The Morgan fingerprint density at radius 1 is 1.08 bits per heavy atom. The lowest BCUT2D eigenvalue weighted by molar-refractivity contribution is -0.140. The minimum atomic E-state index is -0.752. The van der Waals surface area contributed by atoms with Gasteiger partial charge in [-0.1, -0.05) is 49.1 Å². The highest BCUT2D eigenvalue weighted by Gasteiger charge is 2.46. The van der Waals surface area contributed by atoms with E-state index in [0.717, 1.165) is 19.6 Å². The van der Waals surface area contributed by atoms with Crippen molar-refractivity contribution in [3.8, 4) is 11.5 Å². The molecule has 196 valence electrons. The van der Waals surface area contributed by atoms with Gasteiger partial charge in [-0.25, -0.2) is 0 Å². The fourth-order valence-electron chi connectivity index (χ4n) is 4.73. The zero-order valence-corrected chi connectivity index (χ0v) is 21.2. The van der Waals surface area contributed by atoms with E-state index in [1.165, 1.54) is 0 Å². The molecule has 4 rings (SSSR count). The zero-order chi connectivity index (χ0) is 26.2. The summed E-state index contributed by atoms with van der Waals surface area (Å²) in [4.78, 5) is 30.4. The van der Waals surface area contributed by atoms with Gasteiger partial charge in [-0.15, -0.1) is 0 Å². The Hall–Kier alpha value is -3.62. The van der Waals surface area contributed by atoms with Gasteiger partial charge in [-0.2, -0.15) is 0 Å². The fraction of sp³-hybridized carbons (Fsp3) is 0.379. The second kappa shape index (κ2) is 12.6. The molecule has 2 aliphatic heterocycles. The molecule has 2 aliphatic rings. The molecule has 2 aromatic carbocycles. The number of amides is 1. The van der Waals surface area contributed by atoms with E-state index in [4.69, 9.17) is 14.2 Å². The number of Topliss-reactive ketones (excluding diaryl/α,β-unsaturated/α-hetero) is 1. The van der Waals surface area contributed by atoms with Crippen LogP contribution in [0.1, 0.15) is 30.5 Å². The zero-order valence-electron chi connectivity index (χ0n) is 21.2. The monoisotopic (exact) mass is 506 g/mol. The largest absolute Gasteiger partial charge is 0.507 e. The Balaban J connectivity index is 1.71. The van der Waals surface area contributed by atoms with Crippen LogP contribution in [0.15, 0.2) is 66.8 Å². The lowest BCUT2D eigenvalue weighted by atomic mass is 9.95. The number of carbonyl (C=O) groups excluding carboxylic acids is 2. The molecule has 2 saturated heterocycles. The normalized spacial score (nSPS) is 19.7. The van der Waals surface area contributed by atoms with E-state index in [1.54, 1.807) is 47.4 Å². The number of aliphatic hydroxyl groups excluding tert-OH is 1. The van der Waals surface area contributed by atoms with Crippen molar-refractivity contribution in [2.45, 2.75) is 19.4 Å². The molecular weight excluding hydrogens is 472 g/mol. The summed E-state index contributed by atoms with van der Waals surface area (Å²) >= 11 is 0. The molecule has 1 atom stereocenters. The molecule has 0 bridgehead atoms. The topological polar surface area (TPSA) is 88.5 Å². The van der Waals surface area contributed by atoms with Gasteiger partial charge in [0.25, 0.3) is 11.7 Å². The Morgan fingerprint density at radius 2 is 1.84 bits per heavy atom. The highest BCUT2D eigenvalue weighted by molar-refractivity contribution is 6.46. The first-order chi connectivity index (χ1) is 18.0. The van der Waals surface area contributed by atoms with Gasteiger partial charge in [0, 0.05) is 31.7 Å². The standard InChI is InChI=1S/C29H34N2O6/c1-3-17-37-23-12-11-22(20-24(23)36-4-2)26-25(27(32)21-9-6-5-7-10-21)28(33)29(34)31(26)14-8-13-30-15-18-35-19-16-30/h3,5-7,9-12,20,26,32H,1,4,8,13-19H2,2H3. The predicted octanol–water partition coefficient (Wildman–Crippen LogP) is 3.79. The summed E-state index contributed by atoms with van der Waals surface area (Å²) in [7, 11) is 0. The third-order valence-electron chi connectivity index (χ3n) is 6.50. The Kier molecular flexibility index (Phi) is 8.98. The SMILES string of the molecule is C=CCOc1ccc(C2C(=C(O)c3ccccc3)C(=O)C(=O)N2CCCN2CCOCC2)cc1OCC. The number of hydrogen-bond donors (Lipinski definition) is 1. The maximum Gasteiger partial charge on any atom is 0.295 e. The van der Waals surface area contributed by atoms with Crippen molar-refractivity contribution in [3.05, 3.63) is 77.9 Å². The predicted molar refractivity (Wildman–Crippen MR) is 141 cm³/mol. The lowest BCUT2D eigenvalue weighted by Crippen LogP contribution is -2.39. The number of ether oxygens (including phenoxy) is 3. The third kappa shape index (κ3) is 6.03. The number of hydrogen-bond acceptors (Lipinski definition) is 7. The molecule has 2 fully saturated rings. The number of aliphatic hydroxyl groups is 1. The van der Waals surface area contributed by atoms with Crippen LogP contribution in [0.2, 0.25) is 0 Å². The minimum absolute atomic E-state index is 0.0739. The fourth-order valence-corrected chi connectivity index (χ4v) is 4.73.